The first-order valence-electron chi connectivity index (χ1n) is 5.55. The van der Waals surface area contributed by atoms with Gasteiger partial charge in [-0.15, -0.1) is 0 Å². The molecule has 0 aliphatic heterocycles. The third-order valence-corrected chi connectivity index (χ3v) is 3.29. The van der Waals surface area contributed by atoms with Crippen LogP contribution < -0.4 is 5.73 Å². The van der Waals surface area contributed by atoms with Crippen LogP contribution in [-0.2, 0) is 0 Å². The zero-order valence-electron chi connectivity index (χ0n) is 9.75. The molecular weight excluding hydrogens is 308 g/mol. The number of nitrogens with zero attached hydrogens (tertiary/aromatic N) is 3. The van der Waals surface area contributed by atoms with Gasteiger partial charge in [-0.25, -0.2) is 0 Å². The van der Waals surface area contributed by atoms with Crippen molar-refractivity contribution in [2.75, 3.05) is 5.73 Å². The second-order valence-electron chi connectivity index (χ2n) is 3.84. The van der Waals surface area contributed by atoms with E-state index in [-0.39, 0.29) is 0 Å². The van der Waals surface area contributed by atoms with Gasteiger partial charge in [-0.1, -0.05) is 17.3 Å². The van der Waals surface area contributed by atoms with Crippen LogP contribution in [0.15, 0.2) is 51.6 Å². The van der Waals surface area contributed by atoms with Crippen LogP contribution in [0.2, 0.25) is 0 Å². The van der Waals surface area contributed by atoms with Gasteiger partial charge in [-0.05, 0) is 40.2 Å². The molecule has 0 spiro atoms. The number of halogens is 1. The Kier molecular flexibility index (Phi) is 3.00. The number of aromatic nitrogens is 3. The van der Waals surface area contributed by atoms with Gasteiger partial charge in [-0.3, -0.25) is 4.98 Å². The standard InChI is InChI=1S/C13H9BrN4O/c14-9-5-3-4-8(11(9)15)13-17-12(18-19-13)10-6-1-2-7-16-10/h1-7H,15H2. The monoisotopic (exact) mass is 316 g/mol. The first kappa shape index (κ1) is 11.9. The summed E-state index contributed by atoms with van der Waals surface area (Å²) in [5.74, 6) is 0.814. The number of hydrogen-bond donors (Lipinski definition) is 1. The first-order valence-corrected chi connectivity index (χ1v) is 6.34. The van der Waals surface area contributed by atoms with Crippen LogP contribution in [0, 0.1) is 0 Å². The van der Waals surface area contributed by atoms with Gasteiger partial charge in [0.2, 0.25) is 5.82 Å². The van der Waals surface area contributed by atoms with Gasteiger partial charge in [0.05, 0.1) is 11.3 Å². The van der Waals surface area contributed by atoms with E-state index in [1.54, 1.807) is 6.20 Å². The van der Waals surface area contributed by atoms with Crippen LogP contribution in [0.5, 0.6) is 0 Å². The second-order valence-corrected chi connectivity index (χ2v) is 4.69. The van der Waals surface area contributed by atoms with E-state index in [1.807, 2.05) is 36.4 Å². The largest absolute Gasteiger partial charge is 0.397 e. The summed E-state index contributed by atoms with van der Waals surface area (Å²) in [5, 5.41) is 3.91. The Hall–Kier alpha value is -2.21. The molecule has 6 heteroatoms. The molecule has 3 rings (SSSR count). The fourth-order valence-corrected chi connectivity index (χ4v) is 2.02. The van der Waals surface area contributed by atoms with Crippen LogP contribution >= 0.6 is 15.9 Å². The topological polar surface area (TPSA) is 77.8 Å². The predicted octanol–water partition coefficient (Wildman–Crippen LogP) is 3.14. The molecule has 2 heterocycles. The summed E-state index contributed by atoms with van der Waals surface area (Å²) in [5.41, 5.74) is 7.90. The first-order chi connectivity index (χ1) is 9.25. The van der Waals surface area contributed by atoms with Gasteiger partial charge in [0.15, 0.2) is 0 Å². The molecule has 0 aliphatic rings. The number of hydrogen-bond acceptors (Lipinski definition) is 5. The number of para-hydroxylation sites is 1. The highest BCUT2D eigenvalue weighted by Gasteiger charge is 2.14. The minimum atomic E-state index is 0.374. The highest BCUT2D eigenvalue weighted by atomic mass is 79.9. The maximum absolute atomic E-state index is 5.97. The van der Waals surface area contributed by atoms with E-state index in [0.29, 0.717) is 28.7 Å². The van der Waals surface area contributed by atoms with Crippen molar-refractivity contribution >= 4 is 21.6 Å². The van der Waals surface area contributed by atoms with Gasteiger partial charge in [0.1, 0.15) is 5.69 Å². The van der Waals surface area contributed by atoms with Crippen LogP contribution in [0.3, 0.4) is 0 Å². The van der Waals surface area contributed by atoms with Crippen molar-refractivity contribution in [2.45, 2.75) is 0 Å². The minimum absolute atomic E-state index is 0.374. The van der Waals surface area contributed by atoms with E-state index in [2.05, 4.69) is 31.1 Å². The Morgan fingerprint density at radius 3 is 2.79 bits per heavy atom. The van der Waals surface area contributed by atoms with Gasteiger partial charge in [-0.2, -0.15) is 4.98 Å². The van der Waals surface area contributed by atoms with Gasteiger partial charge in [0, 0.05) is 10.7 Å². The molecule has 0 amide bonds. The summed E-state index contributed by atoms with van der Waals surface area (Å²) in [7, 11) is 0. The Morgan fingerprint density at radius 1 is 1.11 bits per heavy atom. The third-order valence-electron chi connectivity index (χ3n) is 2.60. The van der Waals surface area contributed by atoms with E-state index in [4.69, 9.17) is 10.3 Å². The lowest BCUT2D eigenvalue weighted by Crippen LogP contribution is -1.91. The van der Waals surface area contributed by atoms with Crippen LogP contribution in [0.25, 0.3) is 23.0 Å². The lowest BCUT2D eigenvalue weighted by molar-refractivity contribution is 0.432. The molecule has 0 aliphatic carbocycles. The minimum Gasteiger partial charge on any atom is -0.397 e. The van der Waals surface area contributed by atoms with E-state index in [0.717, 1.165) is 4.47 Å². The third kappa shape index (κ3) is 2.22. The summed E-state index contributed by atoms with van der Waals surface area (Å²) < 4.78 is 6.03. The Morgan fingerprint density at radius 2 is 2.00 bits per heavy atom. The van der Waals surface area contributed by atoms with Crippen molar-refractivity contribution in [3.63, 3.8) is 0 Å². The summed E-state index contributed by atoms with van der Waals surface area (Å²) in [6, 6.07) is 11.1. The molecule has 19 heavy (non-hydrogen) atoms. The molecule has 2 N–H and O–H groups in total. The molecule has 0 radical (unpaired) electrons. The predicted molar refractivity (Wildman–Crippen MR) is 75.1 cm³/mol. The van der Waals surface area contributed by atoms with Crippen LogP contribution in [0.4, 0.5) is 5.69 Å². The highest BCUT2D eigenvalue weighted by Crippen LogP contribution is 2.31. The number of nitrogen functional groups attached to an aromatic ring is 1. The van der Waals surface area contributed by atoms with Gasteiger partial charge < -0.3 is 10.3 Å². The number of anilines is 1. The SMILES string of the molecule is Nc1c(Br)cccc1-c1nc(-c2ccccn2)no1. The molecule has 0 fully saturated rings. The summed E-state index contributed by atoms with van der Waals surface area (Å²) in [4.78, 5) is 8.48. The lowest BCUT2D eigenvalue weighted by atomic mass is 10.2. The maximum Gasteiger partial charge on any atom is 0.260 e. The summed E-state index contributed by atoms with van der Waals surface area (Å²) in [6.45, 7) is 0. The highest BCUT2D eigenvalue weighted by molar-refractivity contribution is 9.10. The average Bonchev–Trinajstić information content (AvgIpc) is 2.92. The molecule has 3 aromatic rings. The average molecular weight is 317 g/mol. The number of rotatable bonds is 2. The van der Waals surface area contributed by atoms with Crippen LogP contribution in [-0.4, -0.2) is 15.1 Å². The molecule has 5 nitrogen and oxygen atoms in total. The molecule has 1 aromatic carbocycles. The smallest absolute Gasteiger partial charge is 0.260 e. The second kappa shape index (κ2) is 4.81. The molecule has 0 saturated carbocycles. The van der Waals surface area contributed by atoms with Crippen molar-refractivity contribution in [2.24, 2.45) is 0 Å². The molecule has 94 valence electrons. The normalized spacial score (nSPS) is 10.6. The van der Waals surface area contributed by atoms with Crippen molar-refractivity contribution in [3.05, 3.63) is 47.1 Å². The van der Waals surface area contributed by atoms with Gasteiger partial charge in [0.25, 0.3) is 5.89 Å². The fraction of sp³-hybridized carbons (Fsp3) is 0. The molecule has 0 bridgehead atoms. The summed E-state index contributed by atoms with van der Waals surface area (Å²) in [6.07, 6.45) is 1.68. The number of benzene rings is 1. The Bertz CT molecular complexity index is 712. The fourth-order valence-electron chi connectivity index (χ4n) is 1.66. The van der Waals surface area contributed by atoms with Crippen molar-refractivity contribution < 1.29 is 4.52 Å². The summed E-state index contributed by atoms with van der Waals surface area (Å²) >= 11 is 3.37. The Labute approximate surface area is 117 Å². The molecule has 2 aromatic heterocycles. The van der Waals surface area contributed by atoms with Crippen LogP contribution in [0.1, 0.15) is 0 Å². The van der Waals surface area contributed by atoms with Crippen molar-refractivity contribution in [1.82, 2.24) is 15.1 Å². The van der Waals surface area contributed by atoms with Gasteiger partial charge >= 0.3 is 0 Å². The van der Waals surface area contributed by atoms with E-state index in [1.165, 1.54) is 0 Å². The van der Waals surface area contributed by atoms with E-state index >= 15 is 0 Å². The Balaban J connectivity index is 2.05. The molecule has 0 atom stereocenters. The number of nitrogens with two attached hydrogens (primary N) is 1. The molecule has 0 unspecified atom stereocenters. The zero-order valence-corrected chi connectivity index (χ0v) is 11.3. The zero-order chi connectivity index (χ0) is 13.2. The lowest BCUT2D eigenvalue weighted by Gasteiger charge is -2.01. The van der Waals surface area contributed by atoms with E-state index < -0.39 is 0 Å². The molecular formula is C13H9BrN4O. The number of pyridine rings is 1. The van der Waals surface area contributed by atoms with Crippen molar-refractivity contribution in [1.29, 1.82) is 0 Å². The van der Waals surface area contributed by atoms with Crippen molar-refractivity contribution in [3.8, 4) is 23.0 Å². The quantitative estimate of drug-likeness (QED) is 0.735. The molecule has 0 saturated heterocycles. The maximum atomic E-state index is 5.97. The van der Waals surface area contributed by atoms with E-state index in [9.17, 15) is 0 Å².